The second-order valence-electron chi connectivity index (χ2n) is 8.86. The van der Waals surface area contributed by atoms with Gasteiger partial charge in [0.25, 0.3) is 0 Å². The number of aliphatic carboxylic acids is 1. The van der Waals surface area contributed by atoms with E-state index in [1.807, 2.05) is 32.5 Å². The van der Waals surface area contributed by atoms with Crippen LogP contribution in [0.5, 0.6) is 0 Å². The third-order valence-corrected chi connectivity index (χ3v) is 6.52. The first-order chi connectivity index (χ1) is 17.4. The Labute approximate surface area is 246 Å². The Morgan fingerprint density at radius 1 is 0.846 bits per heavy atom. The van der Waals surface area contributed by atoms with Crippen LogP contribution < -0.4 is 16.4 Å². The molecule has 2 aliphatic heterocycles. The van der Waals surface area contributed by atoms with Crippen LogP contribution >= 0.6 is 11.8 Å². The van der Waals surface area contributed by atoms with Gasteiger partial charge in [-0.3, -0.25) is 4.79 Å². The standard InChI is InChI=1S/C7H12N2OS.C5H10.2C4H8O.C3H6O2.C3H8.C2H7N.2CH4/c1-2-5-6-4(3-11-5)8-7(10)9-6;1-2-5-3-4-5;2*1-3-4(2)5;1-2-3(4)5;1-3-2;1-2-3;;/h4-6H,2-3H2,1H3,(H2,8,9,10);5H,2-4H2,1H3;2*3H2,1-2H3;2H2,1H3,(H,4,5);3H2,1-2H3;2-3H2,1H3;2*1H4/t4-,5?,6-;;;;;;;;/m0......../s1. The van der Waals surface area contributed by atoms with Gasteiger partial charge in [0.2, 0.25) is 0 Å². The summed E-state index contributed by atoms with van der Waals surface area (Å²) in [5, 5.41) is 14.2. The summed E-state index contributed by atoms with van der Waals surface area (Å²) in [4.78, 5) is 39.9. The predicted molar refractivity (Wildman–Crippen MR) is 173 cm³/mol. The van der Waals surface area contributed by atoms with Crippen LogP contribution in [-0.4, -0.2) is 58.3 Å². The number of ketones is 2. The number of urea groups is 1. The molecule has 3 fully saturated rings. The Kier molecular flexibility index (Phi) is 46.9. The van der Waals surface area contributed by atoms with Crippen molar-refractivity contribution in [3.63, 3.8) is 0 Å². The number of thioether (sulfide) groups is 1. The minimum atomic E-state index is -0.745. The molecule has 5 N–H and O–H groups in total. The molecular weight excluding hydrogens is 514 g/mol. The first-order valence-corrected chi connectivity index (χ1v) is 15.0. The van der Waals surface area contributed by atoms with Crippen molar-refractivity contribution in [1.82, 2.24) is 10.6 Å². The number of carboxylic acid groups (broad SMARTS) is 1. The number of hydrogen-bond donors (Lipinski definition) is 4. The van der Waals surface area contributed by atoms with E-state index in [9.17, 15) is 19.2 Å². The highest BCUT2D eigenvalue weighted by Gasteiger charge is 2.41. The molecule has 1 saturated carbocycles. The van der Waals surface area contributed by atoms with Crippen LogP contribution in [0.2, 0.25) is 0 Å². The fourth-order valence-corrected chi connectivity index (χ4v) is 3.72. The lowest BCUT2D eigenvalue weighted by Crippen LogP contribution is -2.36. The summed E-state index contributed by atoms with van der Waals surface area (Å²) in [7, 11) is 0. The SMILES string of the molecule is C.C.CCC.CCC(=O)O.CCC(C)=O.CCC(C)=O.CCC1CC1.CCC1SC[C@@H]2NC(=O)N[C@H]12.CCN. The van der Waals surface area contributed by atoms with Crippen molar-refractivity contribution in [3.8, 4) is 0 Å². The Morgan fingerprint density at radius 3 is 1.41 bits per heavy atom. The second kappa shape index (κ2) is 36.4. The highest BCUT2D eigenvalue weighted by atomic mass is 32.2. The molecule has 2 heterocycles. The predicted octanol–water partition coefficient (Wildman–Crippen LogP) is 7.47. The molecule has 3 aliphatic rings. The number of fused-ring (bicyclic) bond motifs is 1. The lowest BCUT2D eigenvalue weighted by molar-refractivity contribution is -0.136. The van der Waals surface area contributed by atoms with E-state index in [2.05, 4.69) is 38.3 Å². The number of rotatable bonds is 5. The topological polar surface area (TPSA) is 139 Å². The largest absolute Gasteiger partial charge is 0.481 e. The van der Waals surface area contributed by atoms with E-state index in [-0.39, 0.29) is 38.9 Å². The van der Waals surface area contributed by atoms with Gasteiger partial charge < -0.3 is 31.1 Å². The van der Waals surface area contributed by atoms with Crippen molar-refractivity contribution >= 4 is 35.3 Å². The highest BCUT2D eigenvalue weighted by molar-refractivity contribution is 8.00. The minimum absolute atomic E-state index is 0. The van der Waals surface area contributed by atoms with E-state index in [1.54, 1.807) is 20.8 Å². The molecule has 39 heavy (non-hydrogen) atoms. The maximum absolute atomic E-state index is 10.9. The Balaban J connectivity index is -0.0000000858. The summed E-state index contributed by atoms with van der Waals surface area (Å²) in [6.07, 6.45) is 8.39. The van der Waals surface area contributed by atoms with Gasteiger partial charge in [-0.1, -0.05) is 95.9 Å². The molecule has 238 valence electrons. The summed E-state index contributed by atoms with van der Waals surface area (Å²) in [5.41, 5.74) is 4.85. The third kappa shape index (κ3) is 41.0. The number of hydrogen-bond acceptors (Lipinski definition) is 6. The van der Waals surface area contributed by atoms with Gasteiger partial charge >= 0.3 is 12.0 Å². The zero-order valence-corrected chi connectivity index (χ0v) is 26.3. The van der Waals surface area contributed by atoms with Crippen LogP contribution in [0.25, 0.3) is 0 Å². The van der Waals surface area contributed by atoms with Gasteiger partial charge in [0, 0.05) is 30.3 Å². The van der Waals surface area contributed by atoms with Crippen molar-refractivity contribution in [2.45, 2.75) is 153 Å². The molecule has 8 nitrogen and oxygen atoms in total. The maximum atomic E-state index is 10.9. The van der Waals surface area contributed by atoms with Gasteiger partial charge in [0.15, 0.2) is 0 Å². The molecule has 1 unspecified atom stereocenters. The van der Waals surface area contributed by atoms with E-state index >= 15 is 0 Å². The molecule has 0 bridgehead atoms. The molecule has 0 spiro atoms. The number of amides is 2. The summed E-state index contributed by atoms with van der Waals surface area (Å²) < 4.78 is 0. The number of carbonyl (C=O) groups is 4. The third-order valence-electron chi connectivity index (χ3n) is 4.91. The van der Waals surface area contributed by atoms with Gasteiger partial charge in [0.1, 0.15) is 11.6 Å². The van der Waals surface area contributed by atoms with Crippen molar-refractivity contribution in [1.29, 1.82) is 0 Å². The summed E-state index contributed by atoms with van der Waals surface area (Å²) >= 11 is 1.96. The van der Waals surface area contributed by atoms with E-state index < -0.39 is 5.97 Å². The molecule has 2 saturated heterocycles. The zero-order valence-electron chi connectivity index (χ0n) is 25.4. The Morgan fingerprint density at radius 2 is 1.21 bits per heavy atom. The molecule has 1 aliphatic carbocycles. The number of carboxylic acids is 1. The number of nitrogens with two attached hydrogens (primary N) is 1. The molecule has 9 heteroatoms. The second-order valence-corrected chi connectivity index (χ2v) is 10.1. The molecular formula is C30H67N3O5S. The van der Waals surface area contributed by atoms with E-state index in [0.29, 0.717) is 30.2 Å². The average Bonchev–Trinajstić information content (AvgIpc) is 3.53. The fraction of sp³-hybridized carbons (Fsp3) is 0.867. The van der Waals surface area contributed by atoms with Crippen molar-refractivity contribution in [2.75, 3.05) is 12.3 Å². The molecule has 0 aromatic heterocycles. The smallest absolute Gasteiger partial charge is 0.315 e. The minimum Gasteiger partial charge on any atom is -0.481 e. The molecule has 3 rings (SSSR count). The van der Waals surface area contributed by atoms with Crippen LogP contribution in [0.4, 0.5) is 4.79 Å². The van der Waals surface area contributed by atoms with Crippen molar-refractivity contribution < 1.29 is 24.3 Å². The van der Waals surface area contributed by atoms with Gasteiger partial charge in [0.05, 0.1) is 12.1 Å². The molecule has 2 amide bonds. The first kappa shape index (κ1) is 50.3. The van der Waals surface area contributed by atoms with E-state index in [0.717, 1.165) is 24.6 Å². The lowest BCUT2D eigenvalue weighted by Gasteiger charge is -2.13. The van der Waals surface area contributed by atoms with Gasteiger partial charge in [-0.25, -0.2) is 4.79 Å². The molecule has 3 atom stereocenters. The highest BCUT2D eigenvalue weighted by Crippen LogP contribution is 2.32. The summed E-state index contributed by atoms with van der Waals surface area (Å²) in [5.74, 6) is 1.97. The lowest BCUT2D eigenvalue weighted by atomic mass is 10.1. The van der Waals surface area contributed by atoms with Crippen LogP contribution in [-0.2, 0) is 14.4 Å². The average molecular weight is 582 g/mol. The molecule has 0 radical (unpaired) electrons. The number of carbonyl (C=O) groups excluding carboxylic acids is 3. The Hall–Kier alpha value is -1.61. The fourth-order valence-electron chi connectivity index (χ4n) is 2.28. The van der Waals surface area contributed by atoms with Gasteiger partial charge in [-0.15, -0.1) is 0 Å². The van der Waals surface area contributed by atoms with Gasteiger partial charge in [-0.05, 0) is 32.7 Å². The first-order valence-electron chi connectivity index (χ1n) is 14.0. The van der Waals surface area contributed by atoms with E-state index in [1.165, 1.54) is 25.7 Å². The van der Waals surface area contributed by atoms with Crippen LogP contribution in [0.15, 0.2) is 0 Å². The van der Waals surface area contributed by atoms with Gasteiger partial charge in [-0.2, -0.15) is 11.8 Å². The Bertz CT molecular complexity index is 538. The van der Waals surface area contributed by atoms with Crippen molar-refractivity contribution in [2.24, 2.45) is 11.7 Å². The quantitative estimate of drug-likeness (QED) is 0.247. The monoisotopic (exact) mass is 581 g/mol. The van der Waals surface area contributed by atoms with Crippen LogP contribution in [0.1, 0.15) is 135 Å². The normalized spacial score (nSPS) is 18.5. The van der Waals surface area contributed by atoms with E-state index in [4.69, 9.17) is 10.8 Å². The number of Topliss-reactive ketones (excluding diaryl/α,β-unsaturated/α-hetero) is 2. The van der Waals surface area contributed by atoms with Crippen LogP contribution in [0, 0.1) is 5.92 Å². The van der Waals surface area contributed by atoms with Crippen LogP contribution in [0.3, 0.4) is 0 Å². The summed E-state index contributed by atoms with van der Waals surface area (Å²) in [6, 6.07) is 0.786. The molecule has 0 aromatic rings. The maximum Gasteiger partial charge on any atom is 0.315 e. The number of nitrogens with one attached hydrogen (secondary N) is 2. The molecule has 0 aromatic carbocycles. The van der Waals surface area contributed by atoms with Crippen molar-refractivity contribution in [3.05, 3.63) is 0 Å². The zero-order chi connectivity index (χ0) is 29.8. The summed E-state index contributed by atoms with van der Waals surface area (Å²) in [6.45, 7) is 19.8.